The zero-order valence-corrected chi connectivity index (χ0v) is 9.47. The molecule has 2 aromatic carbocycles. The van der Waals surface area contributed by atoms with Crippen LogP contribution in [0.25, 0.3) is 11.1 Å². The first-order valence-electron chi connectivity index (χ1n) is 5.28. The molecule has 3 nitrogen and oxygen atoms in total. The Morgan fingerprint density at radius 3 is 2.47 bits per heavy atom. The lowest BCUT2D eigenvalue weighted by atomic mass is 9.96. The lowest BCUT2D eigenvalue weighted by Crippen LogP contribution is -2.12. The Morgan fingerprint density at radius 1 is 1.12 bits per heavy atom. The maximum absolute atomic E-state index is 11.4. The van der Waals surface area contributed by atoms with Crippen LogP contribution in [-0.2, 0) is 0 Å². The largest absolute Gasteiger partial charge is 0.507 e. The Hall–Kier alpha value is -2.29. The van der Waals surface area contributed by atoms with E-state index < -0.39 is 5.91 Å². The number of rotatable bonds is 2. The zero-order chi connectivity index (χ0) is 12.4. The normalized spacial score (nSPS) is 10.2. The molecule has 0 bridgehead atoms. The molecule has 0 heterocycles. The summed E-state index contributed by atoms with van der Waals surface area (Å²) in [6, 6.07) is 12.2. The van der Waals surface area contributed by atoms with Crippen molar-refractivity contribution in [3.05, 3.63) is 53.6 Å². The summed E-state index contributed by atoms with van der Waals surface area (Å²) in [6.45, 7) is 1.92. The number of aryl methyl sites for hydroxylation is 1. The number of amides is 1. The molecule has 17 heavy (non-hydrogen) atoms. The molecule has 0 saturated carbocycles. The smallest absolute Gasteiger partial charge is 0.249 e. The maximum Gasteiger partial charge on any atom is 0.249 e. The number of hydrogen-bond donors (Lipinski definition) is 2. The van der Waals surface area contributed by atoms with Crippen molar-refractivity contribution in [2.45, 2.75) is 6.92 Å². The summed E-state index contributed by atoms with van der Waals surface area (Å²) in [6.07, 6.45) is 0. The molecular formula is C14H13NO2. The van der Waals surface area contributed by atoms with Crippen molar-refractivity contribution < 1.29 is 9.90 Å². The topological polar surface area (TPSA) is 63.3 Å². The molecule has 3 heteroatoms. The highest BCUT2D eigenvalue weighted by Crippen LogP contribution is 2.31. The lowest BCUT2D eigenvalue weighted by Gasteiger charge is -2.09. The fourth-order valence-corrected chi connectivity index (χ4v) is 1.80. The van der Waals surface area contributed by atoms with E-state index in [0.717, 1.165) is 5.56 Å². The first-order chi connectivity index (χ1) is 8.09. The highest BCUT2D eigenvalue weighted by Gasteiger charge is 2.12. The summed E-state index contributed by atoms with van der Waals surface area (Å²) in [5.41, 5.74) is 8.03. The summed E-state index contributed by atoms with van der Waals surface area (Å²) in [5, 5.41) is 9.81. The third-order valence-electron chi connectivity index (χ3n) is 2.63. The van der Waals surface area contributed by atoms with Gasteiger partial charge >= 0.3 is 0 Å². The molecule has 0 spiro atoms. The number of hydrogen-bond acceptors (Lipinski definition) is 2. The molecule has 3 N–H and O–H groups in total. The molecule has 2 rings (SSSR count). The molecule has 0 aliphatic carbocycles. The molecule has 0 aromatic heterocycles. The van der Waals surface area contributed by atoms with Gasteiger partial charge in [0.25, 0.3) is 0 Å². The number of phenolic OH excluding ortho intramolecular Hbond substituents is 1. The molecule has 2 aromatic rings. The quantitative estimate of drug-likeness (QED) is 0.827. The second kappa shape index (κ2) is 4.29. The Kier molecular flexibility index (Phi) is 2.83. The Balaban J connectivity index is 2.70. The third-order valence-corrected chi connectivity index (χ3v) is 2.63. The fourth-order valence-electron chi connectivity index (χ4n) is 1.80. The molecule has 86 valence electrons. The van der Waals surface area contributed by atoms with Gasteiger partial charge in [-0.2, -0.15) is 0 Å². The number of benzene rings is 2. The first-order valence-corrected chi connectivity index (χ1v) is 5.28. The summed E-state index contributed by atoms with van der Waals surface area (Å²) in [4.78, 5) is 11.4. The van der Waals surface area contributed by atoms with Crippen LogP contribution in [0.3, 0.4) is 0 Å². The van der Waals surface area contributed by atoms with E-state index in [0.29, 0.717) is 16.7 Å². The second-order valence-electron chi connectivity index (χ2n) is 3.93. The molecule has 1 amide bonds. The van der Waals surface area contributed by atoms with Gasteiger partial charge in [-0.25, -0.2) is 0 Å². The SMILES string of the molecule is Cc1ccc(C(N)=O)c(-c2ccccc2O)c1. The predicted octanol–water partition coefficient (Wildman–Crippen LogP) is 2.47. The summed E-state index contributed by atoms with van der Waals surface area (Å²) in [5.74, 6) is -0.358. The Labute approximate surface area is 99.5 Å². The molecular weight excluding hydrogens is 214 g/mol. The van der Waals surface area contributed by atoms with E-state index in [1.54, 1.807) is 24.3 Å². The first kappa shape index (κ1) is 11.2. The highest BCUT2D eigenvalue weighted by molar-refractivity contribution is 6.00. The van der Waals surface area contributed by atoms with Gasteiger partial charge in [0.05, 0.1) is 0 Å². The molecule has 0 unspecified atom stereocenters. The monoisotopic (exact) mass is 227 g/mol. The van der Waals surface area contributed by atoms with Crippen molar-refractivity contribution >= 4 is 5.91 Å². The van der Waals surface area contributed by atoms with Crippen LogP contribution >= 0.6 is 0 Å². The summed E-state index contributed by atoms with van der Waals surface area (Å²) < 4.78 is 0. The van der Waals surface area contributed by atoms with Crippen LogP contribution in [0.4, 0.5) is 0 Å². The lowest BCUT2D eigenvalue weighted by molar-refractivity contribution is 0.100. The molecule has 0 aliphatic rings. The molecule has 0 radical (unpaired) electrons. The third kappa shape index (κ3) is 2.13. The van der Waals surface area contributed by atoms with E-state index in [9.17, 15) is 9.90 Å². The van der Waals surface area contributed by atoms with Crippen LogP contribution in [0.5, 0.6) is 5.75 Å². The number of nitrogens with two attached hydrogens (primary N) is 1. The van der Waals surface area contributed by atoms with Crippen molar-refractivity contribution in [1.82, 2.24) is 0 Å². The average molecular weight is 227 g/mol. The molecule has 0 atom stereocenters. The predicted molar refractivity (Wildman–Crippen MR) is 66.8 cm³/mol. The number of para-hydroxylation sites is 1. The van der Waals surface area contributed by atoms with Gasteiger partial charge in [-0.3, -0.25) is 4.79 Å². The zero-order valence-electron chi connectivity index (χ0n) is 9.47. The van der Waals surface area contributed by atoms with E-state index in [1.165, 1.54) is 0 Å². The van der Waals surface area contributed by atoms with E-state index >= 15 is 0 Å². The van der Waals surface area contributed by atoms with Crippen LogP contribution in [0.15, 0.2) is 42.5 Å². The van der Waals surface area contributed by atoms with Gasteiger partial charge in [0.2, 0.25) is 5.91 Å². The number of carbonyl (C=O) groups excluding carboxylic acids is 1. The van der Waals surface area contributed by atoms with Crippen molar-refractivity contribution in [2.75, 3.05) is 0 Å². The van der Waals surface area contributed by atoms with Gasteiger partial charge in [-0.1, -0.05) is 35.9 Å². The van der Waals surface area contributed by atoms with Crippen LogP contribution in [0.2, 0.25) is 0 Å². The van der Waals surface area contributed by atoms with Crippen LogP contribution in [-0.4, -0.2) is 11.0 Å². The summed E-state index contributed by atoms with van der Waals surface area (Å²) >= 11 is 0. The van der Waals surface area contributed by atoms with E-state index in [1.807, 2.05) is 25.1 Å². The Morgan fingerprint density at radius 2 is 1.82 bits per heavy atom. The van der Waals surface area contributed by atoms with Gasteiger partial charge in [0, 0.05) is 11.1 Å². The van der Waals surface area contributed by atoms with Crippen LogP contribution in [0.1, 0.15) is 15.9 Å². The number of phenols is 1. The maximum atomic E-state index is 11.4. The average Bonchev–Trinajstić information content (AvgIpc) is 2.29. The van der Waals surface area contributed by atoms with Crippen molar-refractivity contribution in [1.29, 1.82) is 0 Å². The second-order valence-corrected chi connectivity index (χ2v) is 3.93. The van der Waals surface area contributed by atoms with E-state index in [4.69, 9.17) is 5.73 Å². The number of primary amides is 1. The molecule has 0 saturated heterocycles. The molecule has 0 fully saturated rings. The minimum Gasteiger partial charge on any atom is -0.507 e. The fraction of sp³-hybridized carbons (Fsp3) is 0.0714. The van der Waals surface area contributed by atoms with Crippen molar-refractivity contribution in [2.24, 2.45) is 5.73 Å². The number of carbonyl (C=O) groups is 1. The van der Waals surface area contributed by atoms with E-state index in [-0.39, 0.29) is 5.75 Å². The Bertz CT molecular complexity index is 576. The van der Waals surface area contributed by atoms with Gasteiger partial charge < -0.3 is 10.8 Å². The van der Waals surface area contributed by atoms with Crippen molar-refractivity contribution in [3.63, 3.8) is 0 Å². The number of aromatic hydroxyl groups is 1. The van der Waals surface area contributed by atoms with Crippen LogP contribution in [0, 0.1) is 6.92 Å². The van der Waals surface area contributed by atoms with Crippen LogP contribution < -0.4 is 5.73 Å². The summed E-state index contributed by atoms with van der Waals surface area (Å²) in [7, 11) is 0. The molecule has 0 aliphatic heterocycles. The standard InChI is InChI=1S/C14H13NO2/c1-9-6-7-11(14(15)17)12(8-9)10-4-2-3-5-13(10)16/h2-8,16H,1H3,(H2,15,17). The van der Waals surface area contributed by atoms with Gasteiger partial charge in [0.15, 0.2) is 0 Å². The van der Waals surface area contributed by atoms with E-state index in [2.05, 4.69) is 0 Å². The van der Waals surface area contributed by atoms with Crippen molar-refractivity contribution in [3.8, 4) is 16.9 Å². The van der Waals surface area contributed by atoms with Gasteiger partial charge in [-0.15, -0.1) is 0 Å². The minimum absolute atomic E-state index is 0.139. The highest BCUT2D eigenvalue weighted by atomic mass is 16.3. The van der Waals surface area contributed by atoms with Gasteiger partial charge in [0.1, 0.15) is 5.75 Å². The minimum atomic E-state index is -0.497. The van der Waals surface area contributed by atoms with Gasteiger partial charge in [-0.05, 0) is 24.6 Å².